The molecule has 1 saturated carbocycles. The third-order valence-electron chi connectivity index (χ3n) is 5.00. The summed E-state index contributed by atoms with van der Waals surface area (Å²) in [5, 5.41) is 12.8. The van der Waals surface area contributed by atoms with E-state index < -0.39 is 5.54 Å². The zero-order valence-electron chi connectivity index (χ0n) is 15.0. The number of hydrogen-bond acceptors (Lipinski definition) is 4. The topological polar surface area (TPSA) is 84.1 Å². The van der Waals surface area contributed by atoms with Crippen LogP contribution in [0.3, 0.4) is 0 Å². The molecule has 0 aliphatic heterocycles. The van der Waals surface area contributed by atoms with Crippen LogP contribution in [0.1, 0.15) is 49.4 Å². The molecule has 6 heteroatoms. The van der Waals surface area contributed by atoms with Gasteiger partial charge < -0.3 is 14.6 Å². The number of nitriles is 1. The first kappa shape index (κ1) is 18.0. The minimum Gasteiger partial charge on any atom is -0.464 e. The van der Waals surface area contributed by atoms with Crippen molar-refractivity contribution >= 4 is 22.8 Å². The lowest BCUT2D eigenvalue weighted by molar-refractivity contribution is -0.152. The summed E-state index contributed by atoms with van der Waals surface area (Å²) in [6, 6.07) is 9.58. The van der Waals surface area contributed by atoms with Gasteiger partial charge >= 0.3 is 5.97 Å². The number of nitrogens with one attached hydrogen (secondary N) is 1. The van der Waals surface area contributed by atoms with Crippen LogP contribution in [0.5, 0.6) is 0 Å². The standard InChI is InChI=1S/C20H23N3O3/c1-2-26-19(25)20(10-6-3-7-11-20)22-18(24)16-14-23(13-12-21)17-9-5-4-8-15(16)17/h4-5,8-9,14H,2-3,6-7,10-11,13H2,1H3,(H,22,24). The smallest absolute Gasteiger partial charge is 0.331 e. The molecule has 1 N–H and O–H groups in total. The summed E-state index contributed by atoms with van der Waals surface area (Å²) in [5.74, 6) is -0.651. The lowest BCUT2D eigenvalue weighted by atomic mass is 9.81. The summed E-state index contributed by atoms with van der Waals surface area (Å²) in [5.41, 5.74) is 0.349. The van der Waals surface area contributed by atoms with Gasteiger partial charge in [-0.05, 0) is 25.8 Å². The van der Waals surface area contributed by atoms with Crippen LogP contribution in [0.2, 0.25) is 0 Å². The number of fused-ring (bicyclic) bond motifs is 1. The Labute approximate surface area is 152 Å². The summed E-state index contributed by atoms with van der Waals surface area (Å²) in [6.07, 6.45) is 5.69. The molecular weight excluding hydrogens is 330 g/mol. The van der Waals surface area contributed by atoms with Crippen LogP contribution in [0.15, 0.2) is 30.5 Å². The van der Waals surface area contributed by atoms with Gasteiger partial charge in [0.2, 0.25) is 0 Å². The molecule has 26 heavy (non-hydrogen) atoms. The molecule has 136 valence electrons. The maximum Gasteiger partial charge on any atom is 0.331 e. The molecule has 0 spiro atoms. The Hall–Kier alpha value is -2.81. The van der Waals surface area contributed by atoms with E-state index in [1.165, 1.54) is 0 Å². The van der Waals surface area contributed by atoms with E-state index in [4.69, 9.17) is 10.00 Å². The zero-order chi connectivity index (χ0) is 18.6. The van der Waals surface area contributed by atoms with Crippen molar-refractivity contribution in [3.63, 3.8) is 0 Å². The lowest BCUT2D eigenvalue weighted by Gasteiger charge is -2.35. The van der Waals surface area contributed by atoms with Crippen LogP contribution in [0.4, 0.5) is 0 Å². The SMILES string of the molecule is CCOC(=O)C1(NC(=O)c2cn(CC#N)c3ccccc23)CCCCC1. The first-order chi connectivity index (χ1) is 12.6. The molecule has 1 aliphatic rings. The monoisotopic (exact) mass is 353 g/mol. The highest BCUT2D eigenvalue weighted by molar-refractivity contribution is 6.08. The fraction of sp³-hybridized carbons (Fsp3) is 0.450. The van der Waals surface area contributed by atoms with Crippen LogP contribution in [-0.4, -0.2) is 28.6 Å². The second-order valence-corrected chi connectivity index (χ2v) is 6.66. The summed E-state index contributed by atoms with van der Waals surface area (Å²) in [6.45, 7) is 2.22. The molecule has 0 bridgehead atoms. The quantitative estimate of drug-likeness (QED) is 0.837. The van der Waals surface area contributed by atoms with E-state index in [9.17, 15) is 9.59 Å². The van der Waals surface area contributed by atoms with Gasteiger partial charge in [-0.25, -0.2) is 4.79 Å². The van der Waals surface area contributed by atoms with Crippen molar-refractivity contribution in [3.05, 3.63) is 36.0 Å². The maximum atomic E-state index is 13.0. The molecule has 1 aromatic carbocycles. The van der Waals surface area contributed by atoms with E-state index in [0.29, 0.717) is 18.4 Å². The predicted molar refractivity (Wildman–Crippen MR) is 97.5 cm³/mol. The van der Waals surface area contributed by atoms with Crippen LogP contribution >= 0.6 is 0 Å². The van der Waals surface area contributed by atoms with Crippen molar-refractivity contribution in [2.45, 2.75) is 51.1 Å². The summed E-state index contributed by atoms with van der Waals surface area (Å²) < 4.78 is 7.00. The number of para-hydroxylation sites is 1. The first-order valence-electron chi connectivity index (χ1n) is 9.06. The van der Waals surface area contributed by atoms with Crippen LogP contribution in [-0.2, 0) is 16.1 Å². The average molecular weight is 353 g/mol. The van der Waals surface area contributed by atoms with E-state index >= 15 is 0 Å². The van der Waals surface area contributed by atoms with Crippen molar-refractivity contribution in [1.82, 2.24) is 9.88 Å². The predicted octanol–water partition coefficient (Wildman–Crippen LogP) is 3.16. The van der Waals surface area contributed by atoms with Gasteiger partial charge in [0.05, 0.1) is 18.2 Å². The minimum atomic E-state index is -0.955. The van der Waals surface area contributed by atoms with Crippen LogP contribution in [0, 0.1) is 11.3 Å². The minimum absolute atomic E-state index is 0.164. The Balaban J connectivity index is 1.94. The lowest BCUT2D eigenvalue weighted by Crippen LogP contribution is -2.56. The molecule has 1 heterocycles. The number of rotatable bonds is 5. The number of carbonyl (C=O) groups is 2. The van der Waals surface area contributed by atoms with E-state index in [-0.39, 0.29) is 25.0 Å². The number of carbonyl (C=O) groups excluding carboxylic acids is 2. The fourth-order valence-corrected chi connectivity index (χ4v) is 3.72. The number of aromatic nitrogens is 1. The highest BCUT2D eigenvalue weighted by atomic mass is 16.5. The second-order valence-electron chi connectivity index (χ2n) is 6.66. The molecule has 1 aliphatic carbocycles. The highest BCUT2D eigenvalue weighted by Crippen LogP contribution is 2.31. The molecule has 0 unspecified atom stereocenters. The van der Waals surface area contributed by atoms with Crippen LogP contribution < -0.4 is 5.32 Å². The van der Waals surface area contributed by atoms with Crippen molar-refractivity contribution in [2.24, 2.45) is 0 Å². The number of nitrogens with zero attached hydrogens (tertiary/aromatic N) is 2. The van der Waals surface area contributed by atoms with Crippen molar-refractivity contribution in [2.75, 3.05) is 6.61 Å². The van der Waals surface area contributed by atoms with E-state index in [1.54, 1.807) is 17.7 Å². The normalized spacial score (nSPS) is 16.0. The molecule has 1 fully saturated rings. The molecule has 0 atom stereocenters. The van der Waals surface area contributed by atoms with Crippen molar-refractivity contribution in [3.8, 4) is 6.07 Å². The Morgan fingerprint density at radius 3 is 2.69 bits per heavy atom. The van der Waals surface area contributed by atoms with Crippen LogP contribution in [0.25, 0.3) is 10.9 Å². The number of hydrogen-bond donors (Lipinski definition) is 1. The molecule has 3 rings (SSSR count). The van der Waals surface area contributed by atoms with E-state index in [0.717, 1.165) is 30.2 Å². The van der Waals surface area contributed by atoms with Gasteiger partial charge in [-0.3, -0.25) is 4.79 Å². The Kier molecular flexibility index (Phi) is 5.27. The summed E-state index contributed by atoms with van der Waals surface area (Å²) >= 11 is 0. The first-order valence-corrected chi connectivity index (χ1v) is 9.06. The second kappa shape index (κ2) is 7.61. The van der Waals surface area contributed by atoms with E-state index in [2.05, 4.69) is 11.4 Å². The van der Waals surface area contributed by atoms with Gasteiger partial charge in [0, 0.05) is 17.1 Å². The van der Waals surface area contributed by atoms with Gasteiger partial charge in [-0.2, -0.15) is 5.26 Å². The third-order valence-corrected chi connectivity index (χ3v) is 5.00. The highest BCUT2D eigenvalue weighted by Gasteiger charge is 2.42. The van der Waals surface area contributed by atoms with Crippen molar-refractivity contribution < 1.29 is 14.3 Å². The van der Waals surface area contributed by atoms with Gasteiger partial charge in [0.15, 0.2) is 0 Å². The maximum absolute atomic E-state index is 13.0. The Morgan fingerprint density at radius 1 is 1.27 bits per heavy atom. The van der Waals surface area contributed by atoms with Gasteiger partial charge in [0.25, 0.3) is 5.91 Å². The molecule has 0 saturated heterocycles. The average Bonchev–Trinajstić information content (AvgIpc) is 3.02. The van der Waals surface area contributed by atoms with Gasteiger partial charge in [-0.15, -0.1) is 0 Å². The van der Waals surface area contributed by atoms with Gasteiger partial charge in [0.1, 0.15) is 12.1 Å². The third kappa shape index (κ3) is 3.30. The van der Waals surface area contributed by atoms with Crippen molar-refractivity contribution in [1.29, 1.82) is 5.26 Å². The number of esters is 1. The summed E-state index contributed by atoms with van der Waals surface area (Å²) in [7, 11) is 0. The summed E-state index contributed by atoms with van der Waals surface area (Å²) in [4.78, 5) is 25.6. The Morgan fingerprint density at radius 2 is 2.00 bits per heavy atom. The molecule has 6 nitrogen and oxygen atoms in total. The molecule has 1 aromatic heterocycles. The molecule has 2 aromatic rings. The molecular formula is C20H23N3O3. The number of benzene rings is 1. The molecule has 0 radical (unpaired) electrons. The largest absolute Gasteiger partial charge is 0.464 e. The number of amides is 1. The fourth-order valence-electron chi connectivity index (χ4n) is 3.72. The van der Waals surface area contributed by atoms with Gasteiger partial charge in [-0.1, -0.05) is 37.5 Å². The Bertz CT molecular complexity index is 857. The zero-order valence-corrected chi connectivity index (χ0v) is 15.0. The molecule has 1 amide bonds. The number of ether oxygens (including phenoxy) is 1. The van der Waals surface area contributed by atoms with E-state index in [1.807, 2.05) is 24.3 Å².